The fourth-order valence-corrected chi connectivity index (χ4v) is 4.34. The van der Waals surface area contributed by atoms with Crippen LogP contribution in [0.15, 0.2) is 48.5 Å². The molecular weight excluding hydrogens is 448 g/mol. The van der Waals surface area contributed by atoms with E-state index in [-0.39, 0.29) is 24.9 Å². The number of rotatable bonds is 10. The van der Waals surface area contributed by atoms with E-state index in [9.17, 15) is 19.5 Å². The van der Waals surface area contributed by atoms with Crippen LogP contribution in [0.2, 0.25) is 0 Å². The van der Waals surface area contributed by atoms with Gasteiger partial charge in [0, 0.05) is 19.4 Å². The number of fused-ring (bicyclic) bond motifs is 3. The van der Waals surface area contributed by atoms with E-state index >= 15 is 0 Å². The molecule has 2 amide bonds. The van der Waals surface area contributed by atoms with Crippen molar-refractivity contribution in [1.82, 2.24) is 10.6 Å². The van der Waals surface area contributed by atoms with Crippen molar-refractivity contribution in [3.63, 3.8) is 0 Å². The van der Waals surface area contributed by atoms with Gasteiger partial charge in [0.2, 0.25) is 5.91 Å². The summed E-state index contributed by atoms with van der Waals surface area (Å²) in [4.78, 5) is 37.3. The molecule has 0 saturated carbocycles. The van der Waals surface area contributed by atoms with Crippen LogP contribution in [0.25, 0.3) is 11.1 Å². The summed E-state index contributed by atoms with van der Waals surface area (Å²) in [6, 6.07) is 13.9. The lowest BCUT2D eigenvalue weighted by atomic mass is 9.97. The third-order valence-electron chi connectivity index (χ3n) is 6.43. The summed E-state index contributed by atoms with van der Waals surface area (Å²) < 4.78 is 10.9. The molecule has 35 heavy (non-hydrogen) atoms. The first-order chi connectivity index (χ1) is 16.5. The predicted molar refractivity (Wildman–Crippen MR) is 132 cm³/mol. The Morgan fingerprint density at radius 1 is 0.971 bits per heavy atom. The summed E-state index contributed by atoms with van der Waals surface area (Å²) >= 11 is 0. The molecule has 1 aliphatic carbocycles. The summed E-state index contributed by atoms with van der Waals surface area (Å²) in [6.07, 6.45) is -0.662. The van der Waals surface area contributed by atoms with E-state index in [2.05, 4.69) is 22.8 Å². The van der Waals surface area contributed by atoms with Gasteiger partial charge >= 0.3 is 12.1 Å². The van der Waals surface area contributed by atoms with Gasteiger partial charge in [0.1, 0.15) is 18.7 Å². The first-order valence-corrected chi connectivity index (χ1v) is 11.7. The lowest BCUT2D eigenvalue weighted by Gasteiger charge is -2.29. The maximum absolute atomic E-state index is 12.9. The Hall–Kier alpha value is -3.39. The highest BCUT2D eigenvalue weighted by molar-refractivity contribution is 5.89. The third-order valence-corrected chi connectivity index (χ3v) is 6.43. The van der Waals surface area contributed by atoms with Crippen LogP contribution in [-0.2, 0) is 19.1 Å². The van der Waals surface area contributed by atoms with Gasteiger partial charge in [0.25, 0.3) is 0 Å². The van der Waals surface area contributed by atoms with Crippen LogP contribution in [0.1, 0.15) is 51.2 Å². The molecule has 2 atom stereocenters. The average molecular weight is 483 g/mol. The second-order valence-corrected chi connectivity index (χ2v) is 9.76. The highest BCUT2D eigenvalue weighted by Gasteiger charge is 2.34. The van der Waals surface area contributed by atoms with E-state index in [1.165, 1.54) is 7.11 Å². The average Bonchev–Trinajstić information content (AvgIpc) is 3.14. The Morgan fingerprint density at radius 2 is 1.51 bits per heavy atom. The van der Waals surface area contributed by atoms with Gasteiger partial charge in [-0.05, 0) is 42.0 Å². The molecule has 0 aromatic heterocycles. The van der Waals surface area contributed by atoms with Crippen LogP contribution in [0.3, 0.4) is 0 Å². The lowest BCUT2D eigenvalue weighted by molar-refractivity contribution is -0.144. The smallest absolute Gasteiger partial charge is 0.407 e. The van der Waals surface area contributed by atoms with Crippen molar-refractivity contribution in [2.24, 2.45) is 5.92 Å². The van der Waals surface area contributed by atoms with Crippen LogP contribution in [0.4, 0.5) is 4.79 Å². The summed E-state index contributed by atoms with van der Waals surface area (Å²) in [7, 11) is 1.48. The van der Waals surface area contributed by atoms with Crippen molar-refractivity contribution in [3.05, 3.63) is 59.7 Å². The highest BCUT2D eigenvalue weighted by Crippen LogP contribution is 2.44. The van der Waals surface area contributed by atoms with Crippen molar-refractivity contribution in [2.75, 3.05) is 13.7 Å². The third kappa shape index (κ3) is 6.19. The second kappa shape index (κ2) is 10.9. The minimum Gasteiger partial charge on any atom is -0.480 e. The van der Waals surface area contributed by atoms with Crippen LogP contribution in [0, 0.1) is 5.92 Å². The molecule has 188 valence electrons. The number of ether oxygens (including phenoxy) is 2. The van der Waals surface area contributed by atoms with E-state index in [1.807, 2.05) is 36.4 Å². The monoisotopic (exact) mass is 482 g/mol. The number of carboxylic acid groups (broad SMARTS) is 1. The number of hydrogen-bond donors (Lipinski definition) is 3. The molecule has 3 N–H and O–H groups in total. The Morgan fingerprint density at radius 3 is 2.00 bits per heavy atom. The molecular formula is C27H34N2O6. The lowest BCUT2D eigenvalue weighted by Crippen LogP contribution is -2.55. The number of nitrogens with one attached hydrogen (secondary N) is 2. The van der Waals surface area contributed by atoms with Crippen molar-refractivity contribution in [1.29, 1.82) is 0 Å². The molecule has 0 saturated heterocycles. The largest absolute Gasteiger partial charge is 0.480 e. The van der Waals surface area contributed by atoms with Crippen LogP contribution in [-0.4, -0.2) is 54.5 Å². The van der Waals surface area contributed by atoms with Crippen molar-refractivity contribution >= 4 is 18.0 Å². The molecule has 0 bridgehead atoms. The van der Waals surface area contributed by atoms with Crippen molar-refractivity contribution in [2.45, 2.75) is 57.7 Å². The Labute approximate surface area is 206 Å². The minimum atomic E-state index is -1.17. The number of amides is 2. The highest BCUT2D eigenvalue weighted by atomic mass is 16.5. The van der Waals surface area contributed by atoms with E-state index in [0.29, 0.717) is 0 Å². The number of carbonyl (C=O) groups excluding carboxylic acids is 2. The summed E-state index contributed by atoms with van der Waals surface area (Å²) in [5, 5.41) is 14.7. The predicted octanol–water partition coefficient (Wildman–Crippen LogP) is 3.93. The quantitative estimate of drug-likeness (QED) is 0.473. The fourth-order valence-electron chi connectivity index (χ4n) is 4.34. The maximum Gasteiger partial charge on any atom is 0.407 e. The maximum atomic E-state index is 12.9. The first kappa shape index (κ1) is 26.2. The molecule has 8 heteroatoms. The zero-order valence-electron chi connectivity index (χ0n) is 20.8. The van der Waals surface area contributed by atoms with E-state index in [4.69, 9.17) is 9.47 Å². The van der Waals surface area contributed by atoms with Crippen molar-refractivity contribution < 1.29 is 29.0 Å². The normalized spacial score (nSPS) is 14.6. The van der Waals surface area contributed by atoms with Crippen LogP contribution < -0.4 is 10.6 Å². The number of hydrogen-bond acceptors (Lipinski definition) is 5. The molecule has 3 rings (SSSR count). The SMILES string of the molecule is COC(C)(C)CC(NC(=O)[C@@H](NC(=O)OCC1c2ccccc2-c2ccccc21)C(C)C)C(=O)O. The van der Waals surface area contributed by atoms with Crippen molar-refractivity contribution in [3.8, 4) is 11.1 Å². The Kier molecular flexibility index (Phi) is 8.17. The van der Waals surface area contributed by atoms with Gasteiger partial charge in [0.05, 0.1) is 5.60 Å². The van der Waals surface area contributed by atoms with Gasteiger partial charge in [-0.3, -0.25) is 4.79 Å². The number of alkyl carbamates (subject to hydrolysis) is 1. The van der Waals surface area contributed by atoms with E-state index < -0.39 is 35.7 Å². The van der Waals surface area contributed by atoms with Gasteiger partial charge < -0.3 is 25.2 Å². The fraction of sp³-hybridized carbons (Fsp3) is 0.444. The minimum absolute atomic E-state index is 0.0698. The molecule has 0 heterocycles. The zero-order valence-corrected chi connectivity index (χ0v) is 20.8. The zero-order chi connectivity index (χ0) is 25.8. The standard InChI is InChI=1S/C27H34N2O6/c1-16(2)23(24(30)28-22(25(31)32)14-27(3,4)34-5)29-26(33)35-15-21-19-12-8-6-10-17(19)18-11-7-9-13-20(18)21/h6-13,16,21-23H,14-15H2,1-5H3,(H,28,30)(H,29,33)(H,31,32)/t22?,23-/m0/s1. The summed E-state index contributed by atoms with van der Waals surface area (Å²) in [5.41, 5.74) is 3.67. The molecule has 0 spiro atoms. The molecule has 0 radical (unpaired) electrons. The van der Waals surface area contributed by atoms with Gasteiger partial charge in [0.15, 0.2) is 0 Å². The van der Waals surface area contributed by atoms with Crippen LogP contribution >= 0.6 is 0 Å². The molecule has 0 aliphatic heterocycles. The van der Waals surface area contributed by atoms with Gasteiger partial charge in [-0.25, -0.2) is 9.59 Å². The van der Waals surface area contributed by atoms with E-state index in [0.717, 1.165) is 22.3 Å². The Bertz CT molecular complexity index is 1040. The molecule has 1 unspecified atom stereocenters. The molecule has 2 aromatic rings. The second-order valence-electron chi connectivity index (χ2n) is 9.76. The molecule has 1 aliphatic rings. The molecule has 2 aromatic carbocycles. The first-order valence-electron chi connectivity index (χ1n) is 11.7. The number of aliphatic carboxylic acids is 1. The summed E-state index contributed by atoms with van der Waals surface area (Å²) in [6.45, 7) is 7.13. The summed E-state index contributed by atoms with van der Waals surface area (Å²) in [5.74, 6) is -2.16. The number of carbonyl (C=O) groups is 3. The van der Waals surface area contributed by atoms with Gasteiger partial charge in [-0.1, -0.05) is 62.4 Å². The number of carboxylic acids is 1. The molecule has 8 nitrogen and oxygen atoms in total. The Balaban J connectivity index is 1.65. The van der Waals surface area contributed by atoms with Crippen LogP contribution in [0.5, 0.6) is 0 Å². The number of benzene rings is 2. The number of methoxy groups -OCH3 is 1. The van der Waals surface area contributed by atoms with Gasteiger partial charge in [-0.15, -0.1) is 0 Å². The van der Waals surface area contributed by atoms with Gasteiger partial charge in [-0.2, -0.15) is 0 Å². The topological polar surface area (TPSA) is 114 Å². The van der Waals surface area contributed by atoms with E-state index in [1.54, 1.807) is 27.7 Å². The molecule has 0 fully saturated rings.